The number of aliphatic hydroxyl groups excluding tert-OH is 1. The molecule has 3 aromatic rings. The number of piperidine rings is 1. The van der Waals surface area contributed by atoms with E-state index in [1.165, 1.54) is 29.8 Å². The molecule has 47 heavy (non-hydrogen) atoms. The molecular formula is C29H34Cl3F3N8O4. The van der Waals surface area contributed by atoms with Gasteiger partial charge in [0.05, 0.1) is 40.7 Å². The molecule has 2 aromatic heterocycles. The molecule has 256 valence electrons. The molecule has 2 saturated heterocycles. The largest absolute Gasteiger partial charge is 0.435 e. The number of aromatic nitrogens is 4. The number of amides is 3. The minimum atomic E-state index is -4.83. The molecule has 12 nitrogen and oxygen atoms in total. The molecule has 18 heteroatoms. The van der Waals surface area contributed by atoms with Gasteiger partial charge in [0.25, 0.3) is 11.8 Å². The fraction of sp³-hybridized carbons (Fsp3) is 0.483. The number of rotatable bonds is 8. The Morgan fingerprint density at radius 1 is 1.13 bits per heavy atom. The topological polar surface area (TPSA) is 138 Å². The van der Waals surface area contributed by atoms with Crippen LogP contribution < -0.4 is 10.6 Å². The lowest BCUT2D eigenvalue weighted by molar-refractivity contribution is -0.141. The summed E-state index contributed by atoms with van der Waals surface area (Å²) in [6.07, 6.45) is -0.985. The Bertz CT molecular complexity index is 1600. The third-order valence-corrected chi connectivity index (χ3v) is 8.92. The molecule has 2 aliphatic heterocycles. The molecule has 1 aromatic carbocycles. The summed E-state index contributed by atoms with van der Waals surface area (Å²) in [7, 11) is 1.38. The van der Waals surface area contributed by atoms with Gasteiger partial charge in [-0.3, -0.25) is 19.1 Å². The molecule has 4 heterocycles. The van der Waals surface area contributed by atoms with E-state index in [9.17, 15) is 32.7 Å². The summed E-state index contributed by atoms with van der Waals surface area (Å²) in [4.78, 5) is 46.7. The van der Waals surface area contributed by atoms with Crippen LogP contribution in [-0.2, 0) is 18.0 Å². The third-order valence-electron chi connectivity index (χ3n) is 8.25. The van der Waals surface area contributed by atoms with Gasteiger partial charge in [0, 0.05) is 56.9 Å². The van der Waals surface area contributed by atoms with Crippen LogP contribution in [0.15, 0.2) is 30.6 Å². The van der Waals surface area contributed by atoms with Gasteiger partial charge in [-0.2, -0.15) is 18.3 Å². The number of alkyl halides is 4. The number of piperazine rings is 1. The smallest absolute Gasteiger partial charge is 0.394 e. The number of hydrogen-bond acceptors (Lipinski definition) is 7. The van der Waals surface area contributed by atoms with Crippen LogP contribution in [0.1, 0.15) is 45.6 Å². The number of hydrogen-bond donors (Lipinski definition) is 3. The first-order chi connectivity index (χ1) is 21.9. The maximum Gasteiger partial charge on any atom is 0.435 e. The van der Waals surface area contributed by atoms with E-state index >= 15 is 0 Å². The molecule has 2 aliphatic rings. The first-order valence-electron chi connectivity index (χ1n) is 14.7. The molecular weight excluding hydrogens is 688 g/mol. The van der Waals surface area contributed by atoms with Gasteiger partial charge in [-0.25, -0.2) is 4.98 Å². The molecule has 1 unspecified atom stereocenters. The molecule has 2 fully saturated rings. The Balaban J connectivity index is 0.00000500. The van der Waals surface area contributed by atoms with Crippen molar-refractivity contribution >= 4 is 59.0 Å². The predicted octanol–water partition coefficient (Wildman–Crippen LogP) is 3.69. The van der Waals surface area contributed by atoms with Crippen LogP contribution >= 0.6 is 35.6 Å². The second-order valence-corrected chi connectivity index (χ2v) is 11.9. The summed E-state index contributed by atoms with van der Waals surface area (Å²) in [5.41, 5.74) is -1.12. The molecule has 0 radical (unpaired) electrons. The van der Waals surface area contributed by atoms with Crippen molar-refractivity contribution in [3.05, 3.63) is 52.7 Å². The summed E-state index contributed by atoms with van der Waals surface area (Å²) >= 11 is 12.2. The molecule has 0 aliphatic carbocycles. The summed E-state index contributed by atoms with van der Waals surface area (Å²) in [6, 6.07) is 3.49. The number of aliphatic hydroxyl groups is 1. The third kappa shape index (κ3) is 7.86. The Morgan fingerprint density at radius 2 is 1.79 bits per heavy atom. The van der Waals surface area contributed by atoms with Gasteiger partial charge in [-0.05, 0) is 44.1 Å². The SMILES string of the molecule is Cl.Cn1c(-c2cn(C(CO)CCl)nc2C(F)(F)F)cnc1C(=O)Nc1ccc(C(=O)N2CCN(C(=O)C3CCNCC3)CC2)c(Cl)c1. The molecule has 0 saturated carbocycles. The highest BCUT2D eigenvalue weighted by Crippen LogP contribution is 2.37. The van der Waals surface area contributed by atoms with Gasteiger partial charge in [0.15, 0.2) is 11.5 Å². The summed E-state index contributed by atoms with van der Waals surface area (Å²) < 4.78 is 43.6. The van der Waals surface area contributed by atoms with Crippen molar-refractivity contribution in [1.29, 1.82) is 0 Å². The number of anilines is 1. The average molecular weight is 722 g/mol. The number of imidazole rings is 1. The zero-order valence-electron chi connectivity index (χ0n) is 25.3. The van der Waals surface area contributed by atoms with Gasteiger partial charge < -0.3 is 30.1 Å². The molecule has 5 rings (SSSR count). The summed E-state index contributed by atoms with van der Waals surface area (Å²) in [5.74, 6) is -1.26. The van der Waals surface area contributed by atoms with Crippen LogP contribution in [0, 0.1) is 5.92 Å². The minimum absolute atomic E-state index is 0. The standard InChI is InChI=1S/C29H33Cl2F3N8O4.ClH/c1-39-23(21-15-42(19(13-30)16-43)38-24(21)29(32,33)34)14-36-25(39)26(44)37-18-2-3-20(22(31)12-18)28(46)41-10-8-40(9-11-41)27(45)17-4-6-35-7-5-17;/h2-3,12,14-15,17,19,35,43H,4-11,13,16H2,1H3,(H,37,44);1H. The highest BCUT2D eigenvalue weighted by Gasteiger charge is 2.39. The summed E-state index contributed by atoms with van der Waals surface area (Å²) in [6.45, 7) is 2.73. The monoisotopic (exact) mass is 720 g/mol. The van der Waals surface area contributed by atoms with Crippen molar-refractivity contribution in [3.8, 4) is 11.3 Å². The van der Waals surface area contributed by atoms with Crippen LogP contribution in [0.3, 0.4) is 0 Å². The second kappa shape index (κ2) is 15.2. The van der Waals surface area contributed by atoms with Crippen LogP contribution in [0.5, 0.6) is 0 Å². The van der Waals surface area contributed by atoms with Crippen molar-refractivity contribution in [2.24, 2.45) is 13.0 Å². The fourth-order valence-corrected chi connectivity index (χ4v) is 6.13. The maximum atomic E-state index is 13.8. The van der Waals surface area contributed by atoms with Gasteiger partial charge in [-0.15, -0.1) is 24.0 Å². The van der Waals surface area contributed by atoms with Crippen molar-refractivity contribution in [2.45, 2.75) is 25.1 Å². The number of benzene rings is 1. The highest BCUT2D eigenvalue weighted by molar-refractivity contribution is 6.34. The zero-order valence-corrected chi connectivity index (χ0v) is 27.6. The lowest BCUT2D eigenvalue weighted by Gasteiger charge is -2.37. The van der Waals surface area contributed by atoms with Gasteiger partial charge >= 0.3 is 6.18 Å². The van der Waals surface area contributed by atoms with E-state index in [2.05, 4.69) is 20.7 Å². The molecule has 1 atom stereocenters. The quantitative estimate of drug-likeness (QED) is 0.302. The average Bonchev–Trinajstić information content (AvgIpc) is 3.65. The van der Waals surface area contributed by atoms with Crippen molar-refractivity contribution in [2.75, 3.05) is 57.1 Å². The second-order valence-electron chi connectivity index (χ2n) is 11.2. The lowest BCUT2D eigenvalue weighted by Crippen LogP contribution is -2.52. The number of carbonyl (C=O) groups is 3. The lowest BCUT2D eigenvalue weighted by atomic mass is 9.96. The fourth-order valence-electron chi connectivity index (χ4n) is 5.63. The Morgan fingerprint density at radius 3 is 2.38 bits per heavy atom. The molecule has 3 amide bonds. The van der Waals surface area contributed by atoms with Crippen LogP contribution in [-0.4, -0.2) is 104 Å². The van der Waals surface area contributed by atoms with Gasteiger partial charge in [0.1, 0.15) is 0 Å². The van der Waals surface area contributed by atoms with Crippen molar-refractivity contribution in [1.82, 2.24) is 34.4 Å². The number of carbonyl (C=O) groups excluding carboxylic acids is 3. The van der Waals surface area contributed by atoms with E-state index in [1.54, 1.807) is 4.90 Å². The van der Waals surface area contributed by atoms with Crippen LogP contribution in [0.25, 0.3) is 11.3 Å². The van der Waals surface area contributed by atoms with Crippen LogP contribution in [0.2, 0.25) is 5.02 Å². The van der Waals surface area contributed by atoms with Crippen molar-refractivity contribution in [3.63, 3.8) is 0 Å². The van der Waals surface area contributed by atoms with E-state index in [-0.39, 0.29) is 69.4 Å². The highest BCUT2D eigenvalue weighted by atomic mass is 35.5. The van der Waals surface area contributed by atoms with Gasteiger partial charge in [0.2, 0.25) is 5.91 Å². The first-order valence-corrected chi connectivity index (χ1v) is 15.6. The number of nitrogens with zero attached hydrogens (tertiary/aromatic N) is 6. The predicted molar refractivity (Wildman–Crippen MR) is 171 cm³/mol. The van der Waals surface area contributed by atoms with E-state index in [0.717, 1.165) is 43.0 Å². The Kier molecular flexibility index (Phi) is 11.8. The first kappa shape index (κ1) is 36.5. The normalized spacial score (nSPS) is 16.5. The maximum absolute atomic E-state index is 13.8. The van der Waals surface area contributed by atoms with E-state index < -0.39 is 30.4 Å². The van der Waals surface area contributed by atoms with E-state index in [0.29, 0.717) is 26.2 Å². The summed E-state index contributed by atoms with van der Waals surface area (Å²) in [5, 5.41) is 19.0. The Labute approximate surface area is 284 Å². The van der Waals surface area contributed by atoms with Gasteiger partial charge in [-0.1, -0.05) is 11.6 Å². The molecule has 0 spiro atoms. The number of halogens is 6. The Hall–Kier alpha value is -3.37. The molecule has 3 N–H and O–H groups in total. The zero-order chi connectivity index (χ0) is 33.2. The van der Waals surface area contributed by atoms with E-state index in [1.807, 2.05) is 4.90 Å². The minimum Gasteiger partial charge on any atom is -0.394 e. The van der Waals surface area contributed by atoms with Crippen LogP contribution in [0.4, 0.5) is 18.9 Å². The van der Waals surface area contributed by atoms with E-state index in [4.69, 9.17) is 23.2 Å². The molecule has 0 bridgehead atoms. The number of nitrogens with one attached hydrogen (secondary N) is 2. The van der Waals surface area contributed by atoms with Crippen molar-refractivity contribution < 1.29 is 32.7 Å².